The van der Waals surface area contributed by atoms with E-state index in [1.807, 2.05) is 6.92 Å². The Morgan fingerprint density at radius 3 is 2.83 bits per heavy atom. The summed E-state index contributed by atoms with van der Waals surface area (Å²) in [7, 11) is 1.51. The van der Waals surface area contributed by atoms with E-state index in [2.05, 4.69) is 10.6 Å². The number of ether oxygens (including phenoxy) is 1. The molecule has 1 aliphatic heterocycles. The van der Waals surface area contributed by atoms with E-state index in [9.17, 15) is 9.59 Å². The largest absolute Gasteiger partial charge is 0.480 e. The molecule has 3 atom stereocenters. The third kappa shape index (κ3) is 4.27. The Bertz CT molecular complexity index is 296. The molecule has 1 fully saturated rings. The van der Waals surface area contributed by atoms with Crippen molar-refractivity contribution in [2.75, 3.05) is 20.3 Å². The molecule has 0 aromatic rings. The molecule has 6 heteroatoms. The Hall–Kier alpha value is -1.14. The maximum atomic E-state index is 12.0. The highest BCUT2D eigenvalue weighted by atomic mass is 16.5. The minimum Gasteiger partial charge on any atom is -0.480 e. The van der Waals surface area contributed by atoms with Gasteiger partial charge in [0.2, 0.25) is 5.91 Å². The molecule has 1 amide bonds. The summed E-state index contributed by atoms with van der Waals surface area (Å²) in [6, 6.07) is -1.17. The van der Waals surface area contributed by atoms with Crippen molar-refractivity contribution in [3.05, 3.63) is 0 Å². The zero-order valence-corrected chi connectivity index (χ0v) is 10.9. The molecule has 18 heavy (non-hydrogen) atoms. The van der Waals surface area contributed by atoms with Crippen LogP contribution in [0, 0.1) is 5.92 Å². The Morgan fingerprint density at radius 2 is 2.28 bits per heavy atom. The summed E-state index contributed by atoms with van der Waals surface area (Å²) in [5.41, 5.74) is 0. The van der Waals surface area contributed by atoms with E-state index in [4.69, 9.17) is 9.84 Å². The SMILES string of the molecule is COCCC(NC(=O)C1NCCCC1C)C(=O)O. The van der Waals surface area contributed by atoms with Crippen LogP contribution in [0.15, 0.2) is 0 Å². The molecular weight excluding hydrogens is 236 g/mol. The maximum Gasteiger partial charge on any atom is 0.326 e. The number of carboxylic acid groups (broad SMARTS) is 1. The van der Waals surface area contributed by atoms with Crippen molar-refractivity contribution < 1.29 is 19.4 Å². The minimum absolute atomic E-state index is 0.231. The second-order valence-electron chi connectivity index (χ2n) is 4.73. The van der Waals surface area contributed by atoms with Crippen LogP contribution < -0.4 is 10.6 Å². The van der Waals surface area contributed by atoms with Gasteiger partial charge in [0.1, 0.15) is 6.04 Å². The number of hydrogen-bond acceptors (Lipinski definition) is 4. The molecule has 0 bridgehead atoms. The molecule has 1 saturated heterocycles. The van der Waals surface area contributed by atoms with Crippen molar-refractivity contribution >= 4 is 11.9 Å². The maximum absolute atomic E-state index is 12.0. The molecule has 0 aromatic carbocycles. The molecule has 1 rings (SSSR count). The summed E-state index contributed by atoms with van der Waals surface area (Å²) < 4.78 is 4.84. The number of carbonyl (C=O) groups is 2. The molecule has 6 nitrogen and oxygen atoms in total. The fourth-order valence-electron chi connectivity index (χ4n) is 2.16. The van der Waals surface area contributed by atoms with Gasteiger partial charge in [-0.15, -0.1) is 0 Å². The van der Waals surface area contributed by atoms with E-state index >= 15 is 0 Å². The summed E-state index contributed by atoms with van der Waals surface area (Å²) in [5, 5.41) is 14.7. The van der Waals surface area contributed by atoms with Crippen molar-refractivity contribution in [2.24, 2.45) is 5.92 Å². The van der Waals surface area contributed by atoms with Gasteiger partial charge in [0.25, 0.3) is 0 Å². The van der Waals surface area contributed by atoms with Crippen LogP contribution in [0.4, 0.5) is 0 Å². The Balaban J connectivity index is 2.51. The molecular formula is C12H22N2O4. The summed E-state index contributed by atoms with van der Waals surface area (Å²) in [6.07, 6.45) is 2.32. The number of methoxy groups -OCH3 is 1. The predicted molar refractivity (Wildman–Crippen MR) is 66.2 cm³/mol. The average molecular weight is 258 g/mol. The summed E-state index contributed by atoms with van der Waals surface area (Å²) in [5.74, 6) is -1.02. The Kier molecular flexibility index (Phi) is 6.07. The van der Waals surface area contributed by atoms with Crippen molar-refractivity contribution in [3.8, 4) is 0 Å². The number of hydrogen-bond donors (Lipinski definition) is 3. The van der Waals surface area contributed by atoms with Crippen LogP contribution in [0.2, 0.25) is 0 Å². The van der Waals surface area contributed by atoms with E-state index in [-0.39, 0.29) is 24.3 Å². The van der Waals surface area contributed by atoms with Crippen LogP contribution in [0.3, 0.4) is 0 Å². The number of rotatable bonds is 6. The van der Waals surface area contributed by atoms with Gasteiger partial charge < -0.3 is 20.5 Å². The smallest absolute Gasteiger partial charge is 0.326 e. The van der Waals surface area contributed by atoms with Crippen molar-refractivity contribution in [1.82, 2.24) is 10.6 Å². The second kappa shape index (κ2) is 7.33. The third-order valence-electron chi connectivity index (χ3n) is 3.28. The lowest BCUT2D eigenvalue weighted by molar-refractivity contribution is -0.143. The topological polar surface area (TPSA) is 87.7 Å². The third-order valence-corrected chi connectivity index (χ3v) is 3.28. The van der Waals surface area contributed by atoms with Crippen LogP contribution in [-0.4, -0.2) is 49.3 Å². The highest BCUT2D eigenvalue weighted by molar-refractivity contribution is 5.87. The minimum atomic E-state index is -1.02. The van der Waals surface area contributed by atoms with Gasteiger partial charge in [-0.05, 0) is 25.3 Å². The van der Waals surface area contributed by atoms with Gasteiger partial charge in [-0.25, -0.2) is 4.79 Å². The fraction of sp³-hybridized carbons (Fsp3) is 0.833. The normalized spacial score (nSPS) is 25.4. The highest BCUT2D eigenvalue weighted by Gasteiger charge is 2.30. The highest BCUT2D eigenvalue weighted by Crippen LogP contribution is 2.15. The molecule has 0 aromatic heterocycles. The lowest BCUT2D eigenvalue weighted by Crippen LogP contribution is -2.54. The first-order valence-electron chi connectivity index (χ1n) is 6.31. The van der Waals surface area contributed by atoms with Gasteiger partial charge in [0, 0.05) is 20.1 Å². The molecule has 3 N–H and O–H groups in total. The van der Waals surface area contributed by atoms with Crippen LogP contribution in [0.5, 0.6) is 0 Å². The van der Waals surface area contributed by atoms with Gasteiger partial charge in [0.15, 0.2) is 0 Å². The molecule has 0 spiro atoms. The lowest BCUT2D eigenvalue weighted by Gasteiger charge is -2.30. The average Bonchev–Trinajstić information content (AvgIpc) is 2.34. The van der Waals surface area contributed by atoms with Crippen molar-refractivity contribution in [1.29, 1.82) is 0 Å². The molecule has 104 valence electrons. The fourth-order valence-corrected chi connectivity index (χ4v) is 2.16. The number of piperidine rings is 1. The quantitative estimate of drug-likeness (QED) is 0.623. The van der Waals surface area contributed by atoms with Crippen LogP contribution in [-0.2, 0) is 14.3 Å². The molecule has 1 aliphatic rings. The molecule has 0 radical (unpaired) electrons. The summed E-state index contributed by atoms with van der Waals surface area (Å²) >= 11 is 0. The molecule has 0 saturated carbocycles. The Morgan fingerprint density at radius 1 is 1.56 bits per heavy atom. The van der Waals surface area contributed by atoms with E-state index in [1.165, 1.54) is 7.11 Å². The number of nitrogens with one attached hydrogen (secondary N) is 2. The van der Waals surface area contributed by atoms with E-state index in [0.717, 1.165) is 19.4 Å². The van der Waals surface area contributed by atoms with Gasteiger partial charge in [-0.3, -0.25) is 4.79 Å². The van der Waals surface area contributed by atoms with Gasteiger partial charge in [0.05, 0.1) is 6.04 Å². The van der Waals surface area contributed by atoms with Crippen LogP contribution in [0.1, 0.15) is 26.2 Å². The first-order valence-corrected chi connectivity index (χ1v) is 6.31. The number of amides is 1. The van der Waals surface area contributed by atoms with Crippen molar-refractivity contribution in [2.45, 2.75) is 38.3 Å². The molecule has 3 unspecified atom stereocenters. The monoisotopic (exact) mass is 258 g/mol. The van der Waals surface area contributed by atoms with E-state index in [1.54, 1.807) is 0 Å². The van der Waals surface area contributed by atoms with Gasteiger partial charge >= 0.3 is 5.97 Å². The zero-order valence-electron chi connectivity index (χ0n) is 10.9. The van der Waals surface area contributed by atoms with E-state index < -0.39 is 12.0 Å². The standard InChI is InChI=1S/C12H22N2O4/c1-8-4-3-6-13-10(8)11(15)14-9(12(16)17)5-7-18-2/h8-10,13H,3-7H2,1-2H3,(H,14,15)(H,16,17). The molecule has 0 aliphatic carbocycles. The number of carbonyl (C=O) groups excluding carboxylic acids is 1. The number of carboxylic acids is 1. The van der Waals surface area contributed by atoms with Crippen LogP contribution >= 0.6 is 0 Å². The lowest BCUT2D eigenvalue weighted by atomic mass is 9.92. The number of aliphatic carboxylic acids is 1. The van der Waals surface area contributed by atoms with E-state index in [0.29, 0.717) is 6.61 Å². The first kappa shape index (κ1) is 14.9. The zero-order chi connectivity index (χ0) is 13.5. The molecule has 1 heterocycles. The predicted octanol–water partition coefficient (Wildman–Crippen LogP) is -0.0196. The van der Waals surface area contributed by atoms with Crippen LogP contribution in [0.25, 0.3) is 0 Å². The second-order valence-corrected chi connectivity index (χ2v) is 4.73. The Labute approximate surface area is 107 Å². The summed E-state index contributed by atoms with van der Waals surface area (Å²) in [4.78, 5) is 23.0. The van der Waals surface area contributed by atoms with Gasteiger partial charge in [-0.1, -0.05) is 6.92 Å². The van der Waals surface area contributed by atoms with Crippen molar-refractivity contribution in [3.63, 3.8) is 0 Å². The first-order chi connectivity index (χ1) is 8.56. The summed E-state index contributed by atoms with van der Waals surface area (Å²) in [6.45, 7) is 3.12. The van der Waals surface area contributed by atoms with Gasteiger partial charge in [-0.2, -0.15) is 0 Å².